The molecule has 0 bridgehead atoms. The molecule has 1 atom stereocenters. The van der Waals surface area contributed by atoms with Crippen LogP contribution < -0.4 is 5.32 Å². The maximum Gasteiger partial charge on any atom is 0.180 e. The smallest absolute Gasteiger partial charge is 0.180 e. The molecule has 6 nitrogen and oxygen atoms in total. The van der Waals surface area contributed by atoms with Crippen molar-refractivity contribution >= 4 is 0 Å². The summed E-state index contributed by atoms with van der Waals surface area (Å²) in [6.07, 6.45) is 8.95. The van der Waals surface area contributed by atoms with Crippen LogP contribution in [0.3, 0.4) is 0 Å². The highest BCUT2D eigenvalue weighted by molar-refractivity contribution is 4.97. The number of ether oxygens (including phenoxy) is 1. The lowest BCUT2D eigenvalue weighted by Crippen LogP contribution is -2.43. The lowest BCUT2D eigenvalue weighted by Gasteiger charge is -2.32. The summed E-state index contributed by atoms with van der Waals surface area (Å²) < 4.78 is 5.87. The number of morpholine rings is 1. The summed E-state index contributed by atoms with van der Waals surface area (Å²) in [7, 11) is 0. The number of H-pyrrole nitrogens is 1. The maximum absolute atomic E-state index is 5.87. The van der Waals surface area contributed by atoms with Gasteiger partial charge in [-0.25, -0.2) is 4.98 Å². The van der Waals surface area contributed by atoms with E-state index in [4.69, 9.17) is 4.74 Å². The minimum Gasteiger partial charge on any atom is -0.367 e. The zero-order chi connectivity index (χ0) is 15.9. The van der Waals surface area contributed by atoms with Crippen molar-refractivity contribution < 1.29 is 4.74 Å². The van der Waals surface area contributed by atoms with Crippen LogP contribution in [0.4, 0.5) is 0 Å². The molecular formula is C17H31N5O. The monoisotopic (exact) mass is 321 g/mol. The highest BCUT2D eigenvalue weighted by Crippen LogP contribution is 2.19. The molecule has 2 N–H and O–H groups in total. The molecule has 1 aliphatic heterocycles. The van der Waals surface area contributed by atoms with Crippen molar-refractivity contribution in [3.8, 4) is 0 Å². The second kappa shape index (κ2) is 8.76. The molecule has 2 fully saturated rings. The normalized spacial score (nSPS) is 24.1. The van der Waals surface area contributed by atoms with Crippen LogP contribution in [-0.2, 0) is 11.2 Å². The van der Waals surface area contributed by atoms with E-state index in [9.17, 15) is 0 Å². The Morgan fingerprint density at radius 1 is 1.30 bits per heavy atom. The predicted molar refractivity (Wildman–Crippen MR) is 90.4 cm³/mol. The van der Waals surface area contributed by atoms with Crippen molar-refractivity contribution in [2.24, 2.45) is 0 Å². The average Bonchev–Trinajstić information content (AvgIpc) is 3.05. The third-order valence-electron chi connectivity index (χ3n) is 4.94. The van der Waals surface area contributed by atoms with E-state index in [2.05, 4.69) is 32.3 Å². The number of aromatic amines is 1. The van der Waals surface area contributed by atoms with E-state index in [1.54, 1.807) is 0 Å². The highest BCUT2D eigenvalue weighted by atomic mass is 16.5. The largest absolute Gasteiger partial charge is 0.367 e. The van der Waals surface area contributed by atoms with Crippen LogP contribution in [0, 0.1) is 0 Å². The van der Waals surface area contributed by atoms with Crippen molar-refractivity contribution in [2.75, 3.05) is 32.8 Å². The lowest BCUT2D eigenvalue weighted by atomic mass is 9.95. The molecule has 2 heterocycles. The number of aromatic nitrogens is 3. The van der Waals surface area contributed by atoms with Crippen LogP contribution in [-0.4, -0.2) is 58.9 Å². The molecule has 1 aliphatic carbocycles. The van der Waals surface area contributed by atoms with Gasteiger partial charge in [-0.1, -0.05) is 26.2 Å². The Hall–Kier alpha value is -0.980. The fourth-order valence-electron chi connectivity index (χ4n) is 3.60. The number of aryl methyl sites for hydroxylation is 1. The Morgan fingerprint density at radius 2 is 2.17 bits per heavy atom. The van der Waals surface area contributed by atoms with E-state index in [1.165, 1.54) is 32.1 Å². The van der Waals surface area contributed by atoms with Crippen molar-refractivity contribution in [1.29, 1.82) is 0 Å². The van der Waals surface area contributed by atoms with Crippen LogP contribution in [0.1, 0.15) is 63.2 Å². The first kappa shape index (κ1) is 16.9. The van der Waals surface area contributed by atoms with E-state index in [-0.39, 0.29) is 6.10 Å². The molecule has 0 spiro atoms. The molecule has 0 unspecified atom stereocenters. The quantitative estimate of drug-likeness (QED) is 0.804. The summed E-state index contributed by atoms with van der Waals surface area (Å²) in [5, 5.41) is 11.1. The van der Waals surface area contributed by atoms with Crippen LogP contribution in [0.15, 0.2) is 0 Å². The second-order valence-corrected chi connectivity index (χ2v) is 6.84. The Labute approximate surface area is 139 Å². The van der Waals surface area contributed by atoms with Gasteiger partial charge in [0.25, 0.3) is 0 Å². The number of nitrogens with zero attached hydrogens (tertiary/aromatic N) is 3. The summed E-state index contributed by atoms with van der Waals surface area (Å²) in [6.45, 7) is 6.99. The maximum atomic E-state index is 5.87. The van der Waals surface area contributed by atoms with Gasteiger partial charge in [0.15, 0.2) is 5.82 Å². The van der Waals surface area contributed by atoms with Gasteiger partial charge >= 0.3 is 0 Å². The second-order valence-electron chi connectivity index (χ2n) is 6.84. The number of hydrogen-bond donors (Lipinski definition) is 2. The summed E-state index contributed by atoms with van der Waals surface area (Å²) >= 11 is 0. The molecule has 23 heavy (non-hydrogen) atoms. The van der Waals surface area contributed by atoms with Crippen LogP contribution in [0.25, 0.3) is 0 Å². The summed E-state index contributed by atoms with van der Waals surface area (Å²) in [5.41, 5.74) is 0. The molecular weight excluding hydrogens is 290 g/mol. The molecule has 0 amide bonds. The van der Waals surface area contributed by atoms with E-state index in [0.717, 1.165) is 63.3 Å². The first-order chi connectivity index (χ1) is 11.3. The van der Waals surface area contributed by atoms with Gasteiger partial charge in [-0.05, 0) is 19.3 Å². The van der Waals surface area contributed by atoms with E-state index in [0.29, 0.717) is 0 Å². The van der Waals surface area contributed by atoms with Crippen molar-refractivity contribution in [3.05, 3.63) is 11.6 Å². The topological polar surface area (TPSA) is 66.1 Å². The molecule has 130 valence electrons. The molecule has 6 heteroatoms. The van der Waals surface area contributed by atoms with Gasteiger partial charge < -0.3 is 10.1 Å². The van der Waals surface area contributed by atoms with E-state index < -0.39 is 0 Å². The molecule has 1 aromatic rings. The van der Waals surface area contributed by atoms with Crippen molar-refractivity contribution in [2.45, 2.75) is 64.0 Å². The minimum absolute atomic E-state index is 0.0142. The van der Waals surface area contributed by atoms with Crippen LogP contribution >= 0.6 is 0 Å². The van der Waals surface area contributed by atoms with Gasteiger partial charge in [0.1, 0.15) is 11.9 Å². The first-order valence-electron chi connectivity index (χ1n) is 9.33. The van der Waals surface area contributed by atoms with E-state index in [1.807, 2.05) is 0 Å². The van der Waals surface area contributed by atoms with Gasteiger partial charge in [0.2, 0.25) is 0 Å². The molecule has 1 saturated carbocycles. The number of hydrogen-bond acceptors (Lipinski definition) is 5. The fourth-order valence-corrected chi connectivity index (χ4v) is 3.60. The summed E-state index contributed by atoms with van der Waals surface area (Å²) in [4.78, 5) is 7.05. The number of rotatable bonds is 7. The average molecular weight is 321 g/mol. The summed E-state index contributed by atoms with van der Waals surface area (Å²) in [6, 6.07) is 0.741. The highest BCUT2D eigenvalue weighted by Gasteiger charge is 2.25. The predicted octanol–water partition coefficient (Wildman–Crippen LogP) is 2.05. The zero-order valence-corrected chi connectivity index (χ0v) is 14.4. The van der Waals surface area contributed by atoms with Gasteiger partial charge in [-0.15, -0.1) is 0 Å². The fraction of sp³-hybridized carbons (Fsp3) is 0.882. The Balaban J connectivity index is 1.42. The SMILES string of the molecule is CCCc1nc([C@@H]2CN(CCNC3CCCCC3)CCO2)n[nH]1. The Morgan fingerprint density at radius 3 is 3.00 bits per heavy atom. The van der Waals surface area contributed by atoms with Gasteiger partial charge in [-0.2, -0.15) is 5.10 Å². The Bertz CT molecular complexity index is 458. The lowest BCUT2D eigenvalue weighted by molar-refractivity contribution is -0.0338. The minimum atomic E-state index is 0.0142. The Kier molecular flexibility index (Phi) is 6.42. The number of nitrogens with one attached hydrogen (secondary N) is 2. The van der Waals surface area contributed by atoms with Crippen molar-refractivity contribution in [3.63, 3.8) is 0 Å². The zero-order valence-electron chi connectivity index (χ0n) is 14.4. The standard InChI is InChI=1S/C17H31N5O/c1-2-6-16-19-17(21-20-16)15-13-22(11-12-23-15)10-9-18-14-7-4-3-5-8-14/h14-15,18H,2-13H2,1H3,(H,19,20,21)/t15-/m0/s1. The molecule has 1 saturated heterocycles. The first-order valence-corrected chi connectivity index (χ1v) is 9.33. The summed E-state index contributed by atoms with van der Waals surface area (Å²) in [5.74, 6) is 1.79. The third-order valence-corrected chi connectivity index (χ3v) is 4.94. The molecule has 3 rings (SSSR count). The third kappa shape index (κ3) is 4.99. The van der Waals surface area contributed by atoms with Crippen molar-refractivity contribution in [1.82, 2.24) is 25.4 Å². The van der Waals surface area contributed by atoms with Crippen LogP contribution in [0.2, 0.25) is 0 Å². The molecule has 0 aromatic carbocycles. The van der Waals surface area contributed by atoms with Gasteiger partial charge in [-0.3, -0.25) is 10.00 Å². The molecule has 1 aromatic heterocycles. The van der Waals surface area contributed by atoms with Gasteiger partial charge in [0, 0.05) is 38.6 Å². The van der Waals surface area contributed by atoms with E-state index >= 15 is 0 Å². The van der Waals surface area contributed by atoms with Crippen LogP contribution in [0.5, 0.6) is 0 Å². The molecule has 0 radical (unpaired) electrons. The molecule has 2 aliphatic rings. The van der Waals surface area contributed by atoms with Gasteiger partial charge in [0.05, 0.1) is 6.61 Å².